The lowest BCUT2D eigenvalue weighted by Crippen LogP contribution is -2.10. The van der Waals surface area contributed by atoms with E-state index in [1.165, 1.54) is 12.1 Å². The predicted molar refractivity (Wildman–Crippen MR) is 70.9 cm³/mol. The van der Waals surface area contributed by atoms with Crippen LogP contribution >= 0.6 is 0 Å². The van der Waals surface area contributed by atoms with E-state index < -0.39 is 10.7 Å². The highest BCUT2D eigenvalue weighted by molar-refractivity contribution is 5.50. The minimum absolute atomic E-state index is 0.234. The lowest BCUT2D eigenvalue weighted by Gasteiger charge is -2.07. The Balaban J connectivity index is 1.96. The average Bonchev–Trinajstić information content (AvgIpc) is 2.87. The monoisotopic (exact) mass is 279 g/mol. The predicted octanol–water partition coefficient (Wildman–Crippen LogP) is 2.00. The molecule has 2 aromatic rings. The van der Waals surface area contributed by atoms with E-state index in [0.29, 0.717) is 13.0 Å². The first-order valence-electron chi connectivity index (χ1n) is 6.16. The van der Waals surface area contributed by atoms with E-state index in [1.54, 1.807) is 6.33 Å². The number of hydrogen-bond donors (Lipinski definition) is 1. The Labute approximate surface area is 114 Å². The number of hydrogen-bond acceptors (Lipinski definition) is 5. The van der Waals surface area contributed by atoms with Crippen molar-refractivity contribution >= 4 is 11.4 Å². The fraction of sp³-hybridized carbons (Fsp3) is 0.333. The zero-order chi connectivity index (χ0) is 14.5. The van der Waals surface area contributed by atoms with Gasteiger partial charge in [0.15, 0.2) is 5.82 Å². The lowest BCUT2D eigenvalue weighted by atomic mass is 10.2. The number of aryl methyl sites for hydroxylation is 1. The molecule has 0 bridgehead atoms. The fourth-order valence-electron chi connectivity index (χ4n) is 1.81. The number of nitro groups is 1. The number of anilines is 1. The molecule has 1 N–H and O–H groups in total. The van der Waals surface area contributed by atoms with Gasteiger partial charge in [0.25, 0.3) is 5.69 Å². The number of aromatic nitrogens is 3. The van der Waals surface area contributed by atoms with Crippen LogP contribution in [0.2, 0.25) is 0 Å². The summed E-state index contributed by atoms with van der Waals surface area (Å²) in [6.45, 7) is 3.22. The SMILES string of the molecule is CCn1cnnc1CCNc1ccc([N+](=O)[O-])cc1F. The minimum atomic E-state index is -0.642. The van der Waals surface area contributed by atoms with Gasteiger partial charge in [0, 0.05) is 25.6 Å². The molecule has 0 aliphatic carbocycles. The molecule has 1 heterocycles. The van der Waals surface area contributed by atoms with Crippen LogP contribution in [0.5, 0.6) is 0 Å². The van der Waals surface area contributed by atoms with Gasteiger partial charge in [0.1, 0.15) is 12.2 Å². The molecular weight excluding hydrogens is 265 g/mol. The molecule has 20 heavy (non-hydrogen) atoms. The van der Waals surface area contributed by atoms with Crippen molar-refractivity contribution in [2.75, 3.05) is 11.9 Å². The van der Waals surface area contributed by atoms with Gasteiger partial charge in [-0.3, -0.25) is 10.1 Å². The van der Waals surface area contributed by atoms with Crippen molar-refractivity contribution < 1.29 is 9.31 Å². The number of benzene rings is 1. The van der Waals surface area contributed by atoms with Crippen LogP contribution in [-0.2, 0) is 13.0 Å². The van der Waals surface area contributed by atoms with Gasteiger partial charge in [-0.1, -0.05) is 0 Å². The summed E-state index contributed by atoms with van der Waals surface area (Å²) in [5, 5.41) is 21.2. The average molecular weight is 279 g/mol. The maximum atomic E-state index is 13.6. The molecule has 2 rings (SSSR count). The quantitative estimate of drug-likeness (QED) is 0.645. The van der Waals surface area contributed by atoms with Crippen LogP contribution in [0, 0.1) is 15.9 Å². The van der Waals surface area contributed by atoms with Crippen LogP contribution in [0.25, 0.3) is 0 Å². The molecule has 0 saturated heterocycles. The third-order valence-electron chi connectivity index (χ3n) is 2.86. The van der Waals surface area contributed by atoms with Gasteiger partial charge in [-0.2, -0.15) is 0 Å². The van der Waals surface area contributed by atoms with Gasteiger partial charge in [0.2, 0.25) is 0 Å². The maximum absolute atomic E-state index is 13.6. The highest BCUT2D eigenvalue weighted by Crippen LogP contribution is 2.20. The number of halogens is 1. The molecule has 0 atom stereocenters. The number of nitrogens with zero attached hydrogens (tertiary/aromatic N) is 4. The van der Waals surface area contributed by atoms with Crippen molar-refractivity contribution in [1.82, 2.24) is 14.8 Å². The molecular formula is C12H14FN5O2. The molecule has 0 spiro atoms. The molecule has 0 aliphatic rings. The molecule has 0 fully saturated rings. The van der Waals surface area contributed by atoms with Gasteiger partial charge in [-0.25, -0.2) is 4.39 Å². The number of nitrogens with one attached hydrogen (secondary N) is 1. The largest absolute Gasteiger partial charge is 0.382 e. The summed E-state index contributed by atoms with van der Waals surface area (Å²) < 4.78 is 15.5. The van der Waals surface area contributed by atoms with Crippen LogP contribution < -0.4 is 5.32 Å². The van der Waals surface area contributed by atoms with Crippen molar-refractivity contribution in [2.45, 2.75) is 19.9 Å². The van der Waals surface area contributed by atoms with Crippen LogP contribution in [0.3, 0.4) is 0 Å². The smallest absolute Gasteiger partial charge is 0.272 e. The topological polar surface area (TPSA) is 85.9 Å². The first-order valence-corrected chi connectivity index (χ1v) is 6.16. The molecule has 0 saturated carbocycles. The van der Waals surface area contributed by atoms with E-state index >= 15 is 0 Å². The second-order valence-electron chi connectivity index (χ2n) is 4.13. The molecule has 0 amide bonds. The fourth-order valence-corrected chi connectivity index (χ4v) is 1.81. The molecule has 106 valence electrons. The summed E-state index contributed by atoms with van der Waals surface area (Å²) in [5.41, 5.74) is -0.0306. The highest BCUT2D eigenvalue weighted by atomic mass is 19.1. The van der Waals surface area contributed by atoms with E-state index in [-0.39, 0.29) is 11.4 Å². The second-order valence-corrected chi connectivity index (χ2v) is 4.13. The Hall–Kier alpha value is -2.51. The highest BCUT2D eigenvalue weighted by Gasteiger charge is 2.10. The van der Waals surface area contributed by atoms with Gasteiger partial charge < -0.3 is 9.88 Å². The van der Waals surface area contributed by atoms with Gasteiger partial charge >= 0.3 is 0 Å². The zero-order valence-electron chi connectivity index (χ0n) is 10.9. The molecule has 8 heteroatoms. The van der Waals surface area contributed by atoms with Crippen molar-refractivity contribution in [3.63, 3.8) is 0 Å². The van der Waals surface area contributed by atoms with Crippen LogP contribution in [0.1, 0.15) is 12.7 Å². The Morgan fingerprint density at radius 1 is 1.50 bits per heavy atom. The van der Waals surface area contributed by atoms with Gasteiger partial charge in [0.05, 0.1) is 16.7 Å². The van der Waals surface area contributed by atoms with Crippen molar-refractivity contribution in [3.8, 4) is 0 Å². The summed E-state index contributed by atoms with van der Waals surface area (Å²) in [7, 11) is 0. The van der Waals surface area contributed by atoms with Crippen LogP contribution in [0.4, 0.5) is 15.8 Å². The first-order chi connectivity index (χ1) is 9.61. The number of nitro benzene ring substituents is 1. The number of non-ortho nitro benzene ring substituents is 1. The Morgan fingerprint density at radius 2 is 2.30 bits per heavy atom. The third-order valence-corrected chi connectivity index (χ3v) is 2.86. The zero-order valence-corrected chi connectivity index (χ0v) is 10.9. The Kier molecular flexibility index (Phi) is 4.24. The summed E-state index contributed by atoms with van der Waals surface area (Å²) in [5.74, 6) is 0.165. The molecule has 1 aromatic heterocycles. The summed E-state index contributed by atoms with van der Waals surface area (Å²) in [4.78, 5) is 9.88. The molecule has 0 radical (unpaired) electrons. The third kappa shape index (κ3) is 3.08. The van der Waals surface area contributed by atoms with E-state index in [2.05, 4.69) is 15.5 Å². The molecule has 1 aromatic carbocycles. The van der Waals surface area contributed by atoms with Crippen molar-refractivity contribution in [2.24, 2.45) is 0 Å². The maximum Gasteiger partial charge on any atom is 0.272 e. The summed E-state index contributed by atoms with van der Waals surface area (Å²) in [6.07, 6.45) is 2.23. The standard InChI is InChI=1S/C12H14FN5O2/c1-2-17-8-15-16-12(17)5-6-14-11-4-3-9(18(19)20)7-10(11)13/h3-4,7-8,14H,2,5-6H2,1H3. The van der Waals surface area contributed by atoms with E-state index in [0.717, 1.165) is 18.4 Å². The second kappa shape index (κ2) is 6.09. The van der Waals surface area contributed by atoms with Crippen molar-refractivity contribution in [3.05, 3.63) is 46.3 Å². The van der Waals surface area contributed by atoms with Gasteiger partial charge in [-0.05, 0) is 13.0 Å². The normalized spacial score (nSPS) is 10.5. The number of rotatable bonds is 6. The van der Waals surface area contributed by atoms with Gasteiger partial charge in [-0.15, -0.1) is 10.2 Å². The molecule has 0 unspecified atom stereocenters. The lowest BCUT2D eigenvalue weighted by molar-refractivity contribution is -0.385. The van der Waals surface area contributed by atoms with Crippen LogP contribution in [0.15, 0.2) is 24.5 Å². The Morgan fingerprint density at radius 3 is 2.95 bits per heavy atom. The Bertz CT molecular complexity index is 614. The summed E-state index contributed by atoms with van der Waals surface area (Å²) in [6, 6.07) is 3.52. The van der Waals surface area contributed by atoms with E-state index in [4.69, 9.17) is 0 Å². The minimum Gasteiger partial charge on any atom is -0.382 e. The first kappa shape index (κ1) is 13.9. The molecule has 0 aliphatic heterocycles. The van der Waals surface area contributed by atoms with E-state index in [9.17, 15) is 14.5 Å². The van der Waals surface area contributed by atoms with Crippen LogP contribution in [-0.4, -0.2) is 26.2 Å². The molecule has 7 nitrogen and oxygen atoms in total. The van der Waals surface area contributed by atoms with E-state index in [1.807, 2.05) is 11.5 Å². The summed E-state index contributed by atoms with van der Waals surface area (Å²) >= 11 is 0. The van der Waals surface area contributed by atoms with Crippen molar-refractivity contribution in [1.29, 1.82) is 0 Å².